The molecule has 0 saturated carbocycles. The van der Waals surface area contributed by atoms with Gasteiger partial charge in [0.05, 0.1) is 13.2 Å². The highest BCUT2D eigenvalue weighted by molar-refractivity contribution is 5.94. The predicted octanol–water partition coefficient (Wildman–Crippen LogP) is 3.26. The predicted molar refractivity (Wildman–Crippen MR) is 109 cm³/mol. The van der Waals surface area contributed by atoms with Gasteiger partial charge in [0.1, 0.15) is 5.75 Å². The first-order valence-electron chi connectivity index (χ1n) is 9.72. The zero-order valence-corrected chi connectivity index (χ0v) is 16.6. The lowest BCUT2D eigenvalue weighted by Gasteiger charge is -2.36. The highest BCUT2D eigenvalue weighted by Crippen LogP contribution is 2.25. The van der Waals surface area contributed by atoms with E-state index in [4.69, 9.17) is 9.15 Å². The van der Waals surface area contributed by atoms with Gasteiger partial charge in [-0.15, -0.1) is 10.2 Å². The van der Waals surface area contributed by atoms with E-state index < -0.39 is 0 Å². The summed E-state index contributed by atoms with van der Waals surface area (Å²) in [4.78, 5) is 16.9. The van der Waals surface area contributed by atoms with Gasteiger partial charge in [0, 0.05) is 37.3 Å². The summed E-state index contributed by atoms with van der Waals surface area (Å²) >= 11 is 0. The lowest BCUT2D eigenvalue weighted by Crippen LogP contribution is -2.49. The van der Waals surface area contributed by atoms with E-state index >= 15 is 0 Å². The Morgan fingerprint density at radius 3 is 2.52 bits per heavy atom. The Bertz CT molecular complexity index is 965. The quantitative estimate of drug-likeness (QED) is 0.664. The van der Waals surface area contributed by atoms with E-state index in [1.54, 1.807) is 13.2 Å². The zero-order valence-electron chi connectivity index (χ0n) is 16.6. The van der Waals surface area contributed by atoms with E-state index in [0.29, 0.717) is 36.2 Å². The summed E-state index contributed by atoms with van der Waals surface area (Å²) in [5.74, 6) is 1.84. The molecular weight excluding hydrogens is 368 g/mol. The van der Waals surface area contributed by atoms with Gasteiger partial charge in [-0.1, -0.05) is 24.3 Å². The molecule has 0 aliphatic carbocycles. The molecule has 1 aliphatic heterocycles. The third-order valence-corrected chi connectivity index (χ3v) is 5.28. The molecule has 1 unspecified atom stereocenters. The molecule has 1 aromatic heterocycles. The molecule has 7 nitrogen and oxygen atoms in total. The largest absolute Gasteiger partial charge is 0.497 e. The van der Waals surface area contributed by atoms with Gasteiger partial charge in [0.15, 0.2) is 0 Å². The Morgan fingerprint density at radius 2 is 1.79 bits per heavy atom. The first-order chi connectivity index (χ1) is 14.2. The van der Waals surface area contributed by atoms with Crippen LogP contribution in [0.2, 0.25) is 0 Å². The first kappa shape index (κ1) is 19.1. The molecule has 2 aromatic carbocycles. The topological polar surface area (TPSA) is 71.7 Å². The number of hydrogen-bond acceptors (Lipinski definition) is 6. The summed E-state index contributed by atoms with van der Waals surface area (Å²) in [6.45, 7) is 4.86. The van der Waals surface area contributed by atoms with Crippen molar-refractivity contribution in [2.24, 2.45) is 0 Å². The summed E-state index contributed by atoms with van der Waals surface area (Å²) < 4.78 is 11.1. The Kier molecular flexibility index (Phi) is 5.57. The zero-order chi connectivity index (χ0) is 20.2. The van der Waals surface area contributed by atoms with Crippen LogP contribution in [-0.4, -0.2) is 59.2 Å². The molecule has 0 radical (unpaired) electrons. The summed E-state index contributed by atoms with van der Waals surface area (Å²) in [6.07, 6.45) is 0. The molecule has 0 bridgehead atoms. The second-order valence-corrected chi connectivity index (χ2v) is 7.05. The maximum absolute atomic E-state index is 12.8. The number of aromatic nitrogens is 2. The van der Waals surface area contributed by atoms with E-state index in [1.165, 1.54) is 0 Å². The molecule has 2 heterocycles. The van der Waals surface area contributed by atoms with Crippen molar-refractivity contribution < 1.29 is 13.9 Å². The maximum Gasteiger partial charge on any atom is 0.254 e. The number of carbonyl (C=O) groups is 1. The van der Waals surface area contributed by atoms with E-state index in [9.17, 15) is 4.79 Å². The van der Waals surface area contributed by atoms with Gasteiger partial charge in [-0.05, 0) is 37.3 Å². The number of rotatable bonds is 5. The monoisotopic (exact) mass is 392 g/mol. The molecular formula is C22H24N4O3. The van der Waals surface area contributed by atoms with Crippen LogP contribution < -0.4 is 4.74 Å². The number of ether oxygens (including phenoxy) is 1. The van der Waals surface area contributed by atoms with Crippen LogP contribution in [0.15, 0.2) is 59.0 Å². The fourth-order valence-electron chi connectivity index (χ4n) is 3.51. The van der Waals surface area contributed by atoms with E-state index in [-0.39, 0.29) is 11.9 Å². The van der Waals surface area contributed by atoms with Gasteiger partial charge in [-0.25, -0.2) is 0 Å². The average molecular weight is 392 g/mol. The average Bonchev–Trinajstić information content (AvgIpc) is 3.29. The van der Waals surface area contributed by atoms with Crippen molar-refractivity contribution in [2.45, 2.75) is 13.0 Å². The molecule has 4 rings (SSSR count). The minimum absolute atomic E-state index is 0.00552. The van der Waals surface area contributed by atoms with Gasteiger partial charge in [-0.3, -0.25) is 9.69 Å². The summed E-state index contributed by atoms with van der Waals surface area (Å²) in [5.41, 5.74) is 1.56. The third kappa shape index (κ3) is 4.14. The summed E-state index contributed by atoms with van der Waals surface area (Å²) in [5, 5.41) is 8.42. The Balaban J connectivity index is 1.38. The van der Waals surface area contributed by atoms with Crippen LogP contribution in [0.4, 0.5) is 0 Å². The van der Waals surface area contributed by atoms with Crippen molar-refractivity contribution in [2.75, 3.05) is 33.3 Å². The minimum Gasteiger partial charge on any atom is -0.497 e. The lowest BCUT2D eigenvalue weighted by atomic mass is 10.1. The van der Waals surface area contributed by atoms with Gasteiger partial charge in [-0.2, -0.15) is 0 Å². The fourth-order valence-corrected chi connectivity index (χ4v) is 3.51. The molecule has 3 aromatic rings. The van der Waals surface area contributed by atoms with Crippen molar-refractivity contribution in [3.63, 3.8) is 0 Å². The van der Waals surface area contributed by atoms with Crippen LogP contribution in [0.1, 0.15) is 29.2 Å². The number of hydrogen-bond donors (Lipinski definition) is 0. The lowest BCUT2D eigenvalue weighted by molar-refractivity contribution is 0.0558. The van der Waals surface area contributed by atoms with Crippen molar-refractivity contribution in [3.05, 3.63) is 66.1 Å². The van der Waals surface area contributed by atoms with Crippen molar-refractivity contribution in [1.82, 2.24) is 20.0 Å². The highest BCUT2D eigenvalue weighted by atomic mass is 16.5. The van der Waals surface area contributed by atoms with Crippen molar-refractivity contribution >= 4 is 5.91 Å². The van der Waals surface area contributed by atoms with Crippen LogP contribution in [0.5, 0.6) is 5.75 Å². The molecule has 0 N–H and O–H groups in total. The number of carbonyl (C=O) groups excluding carboxylic acids is 1. The number of benzene rings is 2. The molecule has 1 fully saturated rings. The molecule has 1 atom stereocenters. The molecule has 150 valence electrons. The van der Waals surface area contributed by atoms with E-state index in [2.05, 4.69) is 22.0 Å². The second-order valence-electron chi connectivity index (χ2n) is 7.05. The number of nitrogens with zero attached hydrogens (tertiary/aromatic N) is 4. The summed E-state index contributed by atoms with van der Waals surface area (Å²) in [7, 11) is 1.60. The number of methoxy groups -OCH3 is 1. The minimum atomic E-state index is -0.00552. The Hall–Kier alpha value is -3.19. The molecule has 0 spiro atoms. The van der Waals surface area contributed by atoms with Crippen molar-refractivity contribution in [3.8, 4) is 17.2 Å². The van der Waals surface area contributed by atoms with Gasteiger partial charge < -0.3 is 14.1 Å². The van der Waals surface area contributed by atoms with Gasteiger partial charge >= 0.3 is 0 Å². The number of piperazine rings is 1. The Morgan fingerprint density at radius 1 is 1.03 bits per heavy atom. The number of amides is 1. The molecule has 29 heavy (non-hydrogen) atoms. The van der Waals surface area contributed by atoms with Crippen LogP contribution in [-0.2, 0) is 0 Å². The van der Waals surface area contributed by atoms with Gasteiger partial charge in [0.25, 0.3) is 5.91 Å². The van der Waals surface area contributed by atoms with Crippen LogP contribution in [0.3, 0.4) is 0 Å². The molecule has 7 heteroatoms. The van der Waals surface area contributed by atoms with E-state index in [1.807, 2.05) is 53.4 Å². The standard InChI is InChI=1S/C22H24N4O3/c1-16(20-23-24-21(29-20)17-7-4-3-5-8-17)25-11-13-26(14-12-25)22(27)18-9-6-10-19(15-18)28-2/h3-10,15-16H,11-14H2,1-2H3. The van der Waals surface area contributed by atoms with Crippen LogP contribution in [0, 0.1) is 0 Å². The Labute approximate surface area is 169 Å². The van der Waals surface area contributed by atoms with Crippen LogP contribution in [0.25, 0.3) is 11.5 Å². The fraction of sp³-hybridized carbons (Fsp3) is 0.318. The first-order valence-corrected chi connectivity index (χ1v) is 9.72. The summed E-state index contributed by atoms with van der Waals surface area (Å²) in [6, 6.07) is 17.0. The molecule has 1 amide bonds. The third-order valence-electron chi connectivity index (χ3n) is 5.28. The van der Waals surface area contributed by atoms with Crippen molar-refractivity contribution in [1.29, 1.82) is 0 Å². The SMILES string of the molecule is COc1cccc(C(=O)N2CCN(C(C)c3nnc(-c4ccccc4)o3)CC2)c1. The normalized spacial score (nSPS) is 15.9. The smallest absolute Gasteiger partial charge is 0.254 e. The van der Waals surface area contributed by atoms with Gasteiger partial charge in [0.2, 0.25) is 11.8 Å². The molecule has 1 aliphatic rings. The maximum atomic E-state index is 12.8. The molecule has 1 saturated heterocycles. The van der Waals surface area contributed by atoms with E-state index in [0.717, 1.165) is 18.7 Å². The van der Waals surface area contributed by atoms with Crippen LogP contribution >= 0.6 is 0 Å². The second kappa shape index (κ2) is 8.45. The highest BCUT2D eigenvalue weighted by Gasteiger charge is 2.28.